The van der Waals surface area contributed by atoms with E-state index in [1.807, 2.05) is 18.2 Å². The van der Waals surface area contributed by atoms with E-state index in [0.717, 1.165) is 0 Å². The SMILES string of the molecule is O=c1oc(-c2ccccc2)nc2c(CF)cccc12. The van der Waals surface area contributed by atoms with Crippen molar-refractivity contribution in [2.45, 2.75) is 6.67 Å². The molecule has 0 aliphatic rings. The predicted molar refractivity (Wildman–Crippen MR) is 70.5 cm³/mol. The Morgan fingerprint density at radius 1 is 1.05 bits per heavy atom. The van der Waals surface area contributed by atoms with Crippen LogP contribution in [0.4, 0.5) is 4.39 Å². The van der Waals surface area contributed by atoms with Gasteiger partial charge in [0.25, 0.3) is 0 Å². The zero-order valence-corrected chi connectivity index (χ0v) is 9.97. The first-order chi connectivity index (χ1) is 9.29. The molecular formula is C15H10FNO2. The van der Waals surface area contributed by atoms with E-state index < -0.39 is 12.3 Å². The zero-order valence-electron chi connectivity index (χ0n) is 9.97. The van der Waals surface area contributed by atoms with Gasteiger partial charge in [0, 0.05) is 11.1 Å². The van der Waals surface area contributed by atoms with Crippen LogP contribution in [0.25, 0.3) is 22.4 Å². The first-order valence-corrected chi connectivity index (χ1v) is 5.84. The van der Waals surface area contributed by atoms with E-state index in [0.29, 0.717) is 22.0 Å². The smallest absolute Gasteiger partial charge is 0.347 e. The molecule has 0 radical (unpaired) electrons. The average molecular weight is 255 g/mol. The third kappa shape index (κ3) is 2.01. The molecular weight excluding hydrogens is 245 g/mol. The van der Waals surface area contributed by atoms with Gasteiger partial charge in [0.2, 0.25) is 5.89 Å². The maximum Gasteiger partial charge on any atom is 0.347 e. The van der Waals surface area contributed by atoms with Crippen LogP contribution in [0, 0.1) is 0 Å². The van der Waals surface area contributed by atoms with Crippen molar-refractivity contribution in [3.8, 4) is 11.5 Å². The first-order valence-electron chi connectivity index (χ1n) is 5.84. The Morgan fingerprint density at radius 2 is 1.84 bits per heavy atom. The summed E-state index contributed by atoms with van der Waals surface area (Å²) in [5.41, 5.74) is 0.942. The highest BCUT2D eigenvalue weighted by Crippen LogP contribution is 2.20. The largest absolute Gasteiger partial charge is 0.403 e. The second-order valence-electron chi connectivity index (χ2n) is 4.12. The van der Waals surface area contributed by atoms with E-state index >= 15 is 0 Å². The third-order valence-electron chi connectivity index (χ3n) is 2.91. The lowest BCUT2D eigenvalue weighted by molar-refractivity contribution is 0.485. The monoisotopic (exact) mass is 255 g/mol. The van der Waals surface area contributed by atoms with Gasteiger partial charge in [0.15, 0.2) is 0 Å². The highest BCUT2D eigenvalue weighted by atomic mass is 19.1. The highest BCUT2D eigenvalue weighted by molar-refractivity contribution is 5.81. The molecule has 3 rings (SSSR count). The van der Waals surface area contributed by atoms with Crippen LogP contribution >= 0.6 is 0 Å². The van der Waals surface area contributed by atoms with Crippen molar-refractivity contribution in [1.29, 1.82) is 0 Å². The molecule has 3 aromatic rings. The summed E-state index contributed by atoms with van der Waals surface area (Å²) in [6.45, 7) is -0.665. The molecule has 3 nitrogen and oxygen atoms in total. The van der Waals surface area contributed by atoms with Crippen LogP contribution in [0.3, 0.4) is 0 Å². The summed E-state index contributed by atoms with van der Waals surface area (Å²) in [7, 11) is 0. The molecule has 0 amide bonds. The van der Waals surface area contributed by atoms with Crippen LogP contribution in [0.5, 0.6) is 0 Å². The maximum atomic E-state index is 12.9. The Balaban J connectivity index is 2.33. The molecule has 0 spiro atoms. The quantitative estimate of drug-likeness (QED) is 0.705. The zero-order chi connectivity index (χ0) is 13.2. The van der Waals surface area contributed by atoms with E-state index in [1.165, 1.54) is 0 Å². The van der Waals surface area contributed by atoms with Crippen LogP contribution in [0.2, 0.25) is 0 Å². The van der Waals surface area contributed by atoms with Crippen molar-refractivity contribution in [2.24, 2.45) is 0 Å². The molecule has 0 unspecified atom stereocenters. The van der Waals surface area contributed by atoms with Crippen molar-refractivity contribution in [3.05, 3.63) is 64.5 Å². The minimum Gasteiger partial charge on any atom is -0.403 e. The lowest BCUT2D eigenvalue weighted by atomic mass is 10.1. The van der Waals surface area contributed by atoms with Gasteiger partial charge in [-0.1, -0.05) is 30.3 Å². The summed E-state index contributed by atoms with van der Waals surface area (Å²) < 4.78 is 18.1. The number of halogens is 1. The standard InChI is InChI=1S/C15H10FNO2/c16-9-11-7-4-8-12-13(11)17-14(19-15(12)18)10-5-2-1-3-6-10/h1-8H,9H2. The van der Waals surface area contributed by atoms with Crippen molar-refractivity contribution in [2.75, 3.05) is 0 Å². The molecule has 2 aromatic carbocycles. The molecule has 0 bridgehead atoms. The number of para-hydroxylation sites is 1. The number of nitrogens with zero attached hydrogens (tertiary/aromatic N) is 1. The molecule has 0 aliphatic heterocycles. The molecule has 94 valence electrons. The van der Waals surface area contributed by atoms with Gasteiger partial charge in [0.1, 0.15) is 6.67 Å². The Hall–Kier alpha value is -2.49. The van der Waals surface area contributed by atoms with Gasteiger partial charge in [-0.05, 0) is 18.2 Å². The van der Waals surface area contributed by atoms with E-state index in [1.54, 1.807) is 30.3 Å². The topological polar surface area (TPSA) is 43.1 Å². The van der Waals surface area contributed by atoms with Crippen LogP contribution in [-0.2, 0) is 6.67 Å². The first kappa shape index (κ1) is 11.6. The predicted octanol–water partition coefficient (Wildman–Crippen LogP) is 3.32. The molecule has 1 heterocycles. The normalized spacial score (nSPS) is 10.8. The summed E-state index contributed by atoms with van der Waals surface area (Å²) in [5, 5.41) is 0.301. The number of fused-ring (bicyclic) bond motifs is 1. The van der Waals surface area contributed by atoms with Gasteiger partial charge in [-0.2, -0.15) is 0 Å². The fourth-order valence-corrected chi connectivity index (χ4v) is 1.97. The van der Waals surface area contributed by atoms with Crippen molar-refractivity contribution in [3.63, 3.8) is 0 Å². The van der Waals surface area contributed by atoms with Crippen LogP contribution in [0.15, 0.2) is 57.7 Å². The summed E-state index contributed by atoms with van der Waals surface area (Å²) in [6.07, 6.45) is 0. The molecule has 0 atom stereocenters. The van der Waals surface area contributed by atoms with E-state index in [-0.39, 0.29) is 5.89 Å². The van der Waals surface area contributed by atoms with E-state index in [2.05, 4.69) is 4.98 Å². The van der Waals surface area contributed by atoms with Crippen LogP contribution in [0.1, 0.15) is 5.56 Å². The number of benzene rings is 2. The number of hydrogen-bond donors (Lipinski definition) is 0. The fourth-order valence-electron chi connectivity index (χ4n) is 1.97. The fraction of sp³-hybridized carbons (Fsp3) is 0.0667. The minimum atomic E-state index is -0.665. The van der Waals surface area contributed by atoms with Gasteiger partial charge in [-0.3, -0.25) is 0 Å². The minimum absolute atomic E-state index is 0.207. The molecule has 0 aliphatic carbocycles. The molecule has 19 heavy (non-hydrogen) atoms. The van der Waals surface area contributed by atoms with Crippen molar-refractivity contribution >= 4 is 10.9 Å². The second kappa shape index (κ2) is 4.65. The Labute approximate surface area is 108 Å². The average Bonchev–Trinajstić information content (AvgIpc) is 2.47. The number of aromatic nitrogens is 1. The molecule has 0 fully saturated rings. The summed E-state index contributed by atoms with van der Waals surface area (Å²) in [5.74, 6) is 0.207. The summed E-state index contributed by atoms with van der Waals surface area (Å²) in [4.78, 5) is 16.2. The lowest BCUT2D eigenvalue weighted by Gasteiger charge is -2.04. The molecule has 4 heteroatoms. The Bertz CT molecular complexity index is 781. The summed E-state index contributed by atoms with van der Waals surface area (Å²) in [6, 6.07) is 13.9. The van der Waals surface area contributed by atoms with Gasteiger partial charge >= 0.3 is 5.63 Å². The molecule has 0 N–H and O–H groups in total. The summed E-state index contributed by atoms with van der Waals surface area (Å²) >= 11 is 0. The van der Waals surface area contributed by atoms with Gasteiger partial charge < -0.3 is 4.42 Å². The van der Waals surface area contributed by atoms with Crippen LogP contribution < -0.4 is 5.63 Å². The van der Waals surface area contributed by atoms with Gasteiger partial charge in [-0.25, -0.2) is 14.2 Å². The lowest BCUT2D eigenvalue weighted by Crippen LogP contribution is -2.04. The second-order valence-corrected chi connectivity index (χ2v) is 4.12. The molecule has 0 saturated carbocycles. The van der Waals surface area contributed by atoms with E-state index in [9.17, 15) is 9.18 Å². The Kier molecular flexibility index (Phi) is 2.83. The van der Waals surface area contributed by atoms with E-state index in [4.69, 9.17) is 4.42 Å². The molecule has 0 saturated heterocycles. The molecule has 1 aromatic heterocycles. The maximum absolute atomic E-state index is 12.9. The van der Waals surface area contributed by atoms with Gasteiger partial charge in [-0.15, -0.1) is 0 Å². The highest BCUT2D eigenvalue weighted by Gasteiger charge is 2.10. The van der Waals surface area contributed by atoms with Crippen LogP contribution in [-0.4, -0.2) is 4.98 Å². The number of rotatable bonds is 2. The van der Waals surface area contributed by atoms with Crippen molar-refractivity contribution < 1.29 is 8.81 Å². The third-order valence-corrected chi connectivity index (χ3v) is 2.91. The van der Waals surface area contributed by atoms with Gasteiger partial charge in [0.05, 0.1) is 10.9 Å². The van der Waals surface area contributed by atoms with Crippen molar-refractivity contribution in [1.82, 2.24) is 4.98 Å². The Morgan fingerprint density at radius 3 is 2.58 bits per heavy atom. The number of hydrogen-bond acceptors (Lipinski definition) is 3. The number of alkyl halides is 1.